The monoisotopic (exact) mass is 657 g/mol. The molecular weight excluding hydrogens is 628 g/mol. The lowest BCUT2D eigenvalue weighted by Crippen LogP contribution is -2.53. The number of nitrogens with one attached hydrogen (secondary N) is 1. The van der Waals surface area contributed by atoms with Crippen LogP contribution in [0.3, 0.4) is 0 Å². The van der Waals surface area contributed by atoms with Crippen LogP contribution < -0.4 is 9.62 Å². The van der Waals surface area contributed by atoms with Crippen molar-refractivity contribution in [3.63, 3.8) is 0 Å². The van der Waals surface area contributed by atoms with Crippen LogP contribution in [0.1, 0.15) is 39.2 Å². The van der Waals surface area contributed by atoms with E-state index in [4.69, 9.17) is 46.4 Å². The van der Waals surface area contributed by atoms with Crippen LogP contribution in [0.4, 0.5) is 5.69 Å². The van der Waals surface area contributed by atoms with E-state index >= 15 is 0 Å². The van der Waals surface area contributed by atoms with Gasteiger partial charge in [0.1, 0.15) is 12.6 Å². The zero-order valence-corrected chi connectivity index (χ0v) is 26.6. The van der Waals surface area contributed by atoms with Gasteiger partial charge in [-0.2, -0.15) is 0 Å². The van der Waals surface area contributed by atoms with Crippen LogP contribution in [0, 0.1) is 0 Å². The Morgan fingerprint density at radius 3 is 2.12 bits per heavy atom. The summed E-state index contributed by atoms with van der Waals surface area (Å²) >= 11 is 24.5. The van der Waals surface area contributed by atoms with Gasteiger partial charge >= 0.3 is 0 Å². The number of anilines is 1. The zero-order valence-electron chi connectivity index (χ0n) is 22.8. The van der Waals surface area contributed by atoms with E-state index in [1.165, 1.54) is 35.2 Å². The first kappa shape index (κ1) is 33.0. The summed E-state index contributed by atoms with van der Waals surface area (Å²) in [6.45, 7) is 4.99. The maximum absolute atomic E-state index is 14.1. The molecule has 0 saturated heterocycles. The summed E-state index contributed by atoms with van der Waals surface area (Å²) in [4.78, 5) is 28.7. The fourth-order valence-corrected chi connectivity index (χ4v) is 6.13. The van der Waals surface area contributed by atoms with Crippen LogP contribution in [-0.4, -0.2) is 43.8 Å². The molecule has 3 aromatic carbocycles. The Morgan fingerprint density at radius 1 is 0.854 bits per heavy atom. The molecule has 220 valence electrons. The molecule has 0 unspecified atom stereocenters. The number of nitrogens with zero attached hydrogens (tertiary/aromatic N) is 2. The van der Waals surface area contributed by atoms with Crippen LogP contribution in [0.15, 0.2) is 71.6 Å². The van der Waals surface area contributed by atoms with E-state index < -0.39 is 28.5 Å². The molecule has 0 aliphatic rings. The summed E-state index contributed by atoms with van der Waals surface area (Å²) in [6, 6.07) is 15.7. The highest BCUT2D eigenvalue weighted by Gasteiger charge is 2.34. The molecule has 0 bridgehead atoms. The molecule has 3 rings (SSSR count). The van der Waals surface area contributed by atoms with E-state index in [0.29, 0.717) is 32.1 Å². The second kappa shape index (κ2) is 14.6. The molecule has 0 aliphatic carbocycles. The second-order valence-corrected chi connectivity index (χ2v) is 13.0. The Labute approximate surface area is 261 Å². The number of carbonyl (C=O) groups excluding carboxylic acids is 2. The number of sulfonamides is 1. The van der Waals surface area contributed by atoms with E-state index in [2.05, 4.69) is 5.32 Å². The maximum atomic E-state index is 14.1. The maximum Gasteiger partial charge on any atom is 0.264 e. The fraction of sp³-hybridized carbons (Fsp3) is 0.310. The smallest absolute Gasteiger partial charge is 0.264 e. The summed E-state index contributed by atoms with van der Waals surface area (Å²) in [6.07, 6.45) is 0.987. The van der Waals surface area contributed by atoms with Crippen LogP contribution in [0.5, 0.6) is 0 Å². The van der Waals surface area contributed by atoms with Crippen LogP contribution in [-0.2, 0) is 26.2 Å². The lowest BCUT2D eigenvalue weighted by Gasteiger charge is -2.33. The second-order valence-electron chi connectivity index (χ2n) is 9.46. The first-order valence-electron chi connectivity index (χ1n) is 12.9. The van der Waals surface area contributed by atoms with Crippen LogP contribution in [0.2, 0.25) is 20.1 Å². The SMILES string of the molecule is CC[C@@H](C)NC(=O)[C@@H](CC)N(Cc1ccc(Cl)c(Cl)c1)C(=O)CN(c1cccc(Cl)c1)S(=O)(=O)c1ccc(Cl)cc1. The molecule has 0 saturated carbocycles. The third-order valence-electron chi connectivity index (χ3n) is 6.50. The molecule has 0 spiro atoms. The normalized spacial score (nSPS) is 12.9. The van der Waals surface area contributed by atoms with Gasteiger partial charge in [-0.25, -0.2) is 8.42 Å². The predicted molar refractivity (Wildman–Crippen MR) is 166 cm³/mol. The van der Waals surface area contributed by atoms with Crippen molar-refractivity contribution < 1.29 is 18.0 Å². The van der Waals surface area contributed by atoms with Gasteiger partial charge in [0.15, 0.2) is 0 Å². The number of rotatable bonds is 12. The molecule has 3 aromatic rings. The predicted octanol–water partition coefficient (Wildman–Crippen LogP) is 7.22. The lowest BCUT2D eigenvalue weighted by atomic mass is 10.1. The summed E-state index contributed by atoms with van der Waals surface area (Å²) in [5.74, 6) is -0.940. The highest BCUT2D eigenvalue weighted by atomic mass is 35.5. The third-order valence-corrected chi connectivity index (χ3v) is 9.51. The lowest BCUT2D eigenvalue weighted by molar-refractivity contribution is -0.140. The van der Waals surface area contributed by atoms with Crippen molar-refractivity contribution in [3.05, 3.63) is 92.4 Å². The van der Waals surface area contributed by atoms with E-state index in [-0.39, 0.29) is 35.5 Å². The average Bonchev–Trinajstić information content (AvgIpc) is 2.93. The molecule has 0 aliphatic heterocycles. The van der Waals surface area contributed by atoms with Gasteiger partial charge in [-0.3, -0.25) is 13.9 Å². The Kier molecular flexibility index (Phi) is 11.8. The quantitative estimate of drug-likeness (QED) is 0.223. The molecule has 0 fully saturated rings. The number of amides is 2. The Balaban J connectivity index is 2.08. The van der Waals surface area contributed by atoms with Crippen LogP contribution >= 0.6 is 46.4 Å². The molecule has 0 heterocycles. The number of hydrogen-bond acceptors (Lipinski definition) is 4. The van der Waals surface area contributed by atoms with E-state index in [9.17, 15) is 18.0 Å². The van der Waals surface area contributed by atoms with Gasteiger partial charge in [0.05, 0.1) is 20.6 Å². The molecule has 1 N–H and O–H groups in total. The molecule has 12 heteroatoms. The van der Waals surface area contributed by atoms with E-state index in [1.807, 2.05) is 13.8 Å². The molecule has 0 aromatic heterocycles. The van der Waals surface area contributed by atoms with Gasteiger partial charge in [0.2, 0.25) is 11.8 Å². The first-order chi connectivity index (χ1) is 19.4. The van der Waals surface area contributed by atoms with Gasteiger partial charge in [0, 0.05) is 22.6 Å². The minimum atomic E-state index is -4.25. The minimum Gasteiger partial charge on any atom is -0.352 e. The first-order valence-corrected chi connectivity index (χ1v) is 15.9. The van der Waals surface area contributed by atoms with Crippen LogP contribution in [0.25, 0.3) is 0 Å². The third kappa shape index (κ3) is 8.52. The van der Waals surface area contributed by atoms with Gasteiger partial charge in [-0.05, 0) is 79.9 Å². The standard InChI is InChI=1S/C29H31Cl4N3O4S/c1-4-19(3)34-29(38)27(5-2)35(17-20-9-14-25(32)26(33)15-20)28(37)18-36(23-8-6-7-22(31)16-23)41(39,40)24-12-10-21(30)11-13-24/h6-16,19,27H,4-5,17-18H2,1-3H3,(H,34,38)/t19-,27-/m1/s1. The highest BCUT2D eigenvalue weighted by molar-refractivity contribution is 7.92. The van der Waals surface area contributed by atoms with E-state index in [1.54, 1.807) is 43.3 Å². The van der Waals surface area contributed by atoms with Crippen molar-refractivity contribution in [1.82, 2.24) is 10.2 Å². The van der Waals surface area contributed by atoms with Crippen molar-refractivity contribution in [2.24, 2.45) is 0 Å². The Morgan fingerprint density at radius 2 is 1.54 bits per heavy atom. The van der Waals surface area contributed by atoms with Crippen molar-refractivity contribution >= 4 is 73.9 Å². The largest absolute Gasteiger partial charge is 0.352 e. The summed E-state index contributed by atoms with van der Waals surface area (Å²) in [5.41, 5.74) is 0.810. The van der Waals surface area contributed by atoms with Gasteiger partial charge in [-0.15, -0.1) is 0 Å². The fourth-order valence-electron chi connectivity index (χ4n) is 4.09. The average molecular weight is 659 g/mol. The van der Waals surface area contributed by atoms with Gasteiger partial charge in [-0.1, -0.05) is 72.4 Å². The molecule has 41 heavy (non-hydrogen) atoms. The molecule has 2 atom stereocenters. The topological polar surface area (TPSA) is 86.8 Å². The number of halogens is 4. The van der Waals surface area contributed by atoms with Crippen molar-refractivity contribution in [2.75, 3.05) is 10.8 Å². The molecule has 0 radical (unpaired) electrons. The number of carbonyl (C=O) groups is 2. The number of benzene rings is 3. The number of hydrogen-bond donors (Lipinski definition) is 1. The van der Waals surface area contributed by atoms with Gasteiger partial charge in [0.25, 0.3) is 10.0 Å². The van der Waals surface area contributed by atoms with Gasteiger partial charge < -0.3 is 10.2 Å². The van der Waals surface area contributed by atoms with Crippen molar-refractivity contribution in [2.45, 2.75) is 57.1 Å². The minimum absolute atomic E-state index is 0.00741. The molecule has 2 amide bonds. The zero-order chi connectivity index (χ0) is 30.3. The van der Waals surface area contributed by atoms with E-state index in [0.717, 1.165) is 4.31 Å². The van der Waals surface area contributed by atoms with Crippen molar-refractivity contribution in [3.8, 4) is 0 Å². The molecular formula is C29H31Cl4N3O4S. The Bertz CT molecular complexity index is 1490. The summed E-state index contributed by atoms with van der Waals surface area (Å²) in [5, 5.41) is 4.22. The molecule has 7 nitrogen and oxygen atoms in total. The summed E-state index contributed by atoms with van der Waals surface area (Å²) < 4.78 is 28.7. The van der Waals surface area contributed by atoms with Crippen molar-refractivity contribution in [1.29, 1.82) is 0 Å². The summed E-state index contributed by atoms with van der Waals surface area (Å²) in [7, 11) is -4.25. The Hall–Kier alpha value is -2.49. The highest BCUT2D eigenvalue weighted by Crippen LogP contribution is 2.28.